The van der Waals surface area contributed by atoms with Gasteiger partial charge in [-0.15, -0.1) is 0 Å². The molecule has 1 fully saturated rings. The Kier molecular flexibility index (Phi) is 4.79. The fourth-order valence-corrected chi connectivity index (χ4v) is 2.88. The number of amides is 1. The maximum absolute atomic E-state index is 12.8. The lowest BCUT2D eigenvalue weighted by atomic mass is 9.97. The van der Waals surface area contributed by atoms with Crippen LogP contribution in [0.5, 0.6) is 11.5 Å². The molecule has 0 aromatic heterocycles. The lowest BCUT2D eigenvalue weighted by Crippen LogP contribution is -2.42. The van der Waals surface area contributed by atoms with Crippen molar-refractivity contribution in [3.8, 4) is 11.5 Å². The molecule has 0 saturated carbocycles. The molecule has 0 aliphatic carbocycles. The molecule has 1 N–H and O–H groups in total. The van der Waals surface area contributed by atoms with Gasteiger partial charge in [0.25, 0.3) is 5.91 Å². The number of hydrogen-bond donors (Lipinski definition) is 1. The molecule has 0 spiro atoms. The van der Waals surface area contributed by atoms with Crippen molar-refractivity contribution in [3.05, 3.63) is 60.2 Å². The van der Waals surface area contributed by atoms with Gasteiger partial charge in [-0.05, 0) is 37.1 Å². The van der Waals surface area contributed by atoms with Gasteiger partial charge in [-0.25, -0.2) is 0 Å². The van der Waals surface area contributed by atoms with Crippen molar-refractivity contribution in [1.29, 1.82) is 0 Å². The van der Waals surface area contributed by atoms with Crippen LogP contribution in [0.3, 0.4) is 0 Å². The molecule has 2 aromatic rings. The van der Waals surface area contributed by atoms with E-state index in [1.807, 2.05) is 36.4 Å². The Morgan fingerprint density at radius 1 is 1.04 bits per heavy atom. The number of hydrogen-bond acceptors (Lipinski definition) is 3. The van der Waals surface area contributed by atoms with Crippen LogP contribution in [0.25, 0.3) is 0 Å². The number of aliphatic carboxylic acids is 1. The summed E-state index contributed by atoms with van der Waals surface area (Å²) in [5.41, 5.74) is 0.451. The van der Waals surface area contributed by atoms with Crippen LogP contribution in [0.2, 0.25) is 0 Å². The van der Waals surface area contributed by atoms with E-state index < -0.39 is 11.9 Å². The topological polar surface area (TPSA) is 66.8 Å². The second-order valence-corrected chi connectivity index (χ2v) is 5.84. The summed E-state index contributed by atoms with van der Waals surface area (Å²) in [5, 5.41) is 9.20. The molecule has 1 aliphatic rings. The van der Waals surface area contributed by atoms with Gasteiger partial charge in [0.1, 0.15) is 11.5 Å². The molecule has 24 heavy (non-hydrogen) atoms. The quantitative estimate of drug-likeness (QED) is 0.935. The second-order valence-electron chi connectivity index (χ2n) is 5.84. The first-order valence-corrected chi connectivity index (χ1v) is 7.99. The Morgan fingerprint density at radius 3 is 2.50 bits per heavy atom. The number of carboxylic acid groups (broad SMARTS) is 1. The van der Waals surface area contributed by atoms with Gasteiger partial charge in [0.15, 0.2) is 0 Å². The number of ether oxygens (including phenoxy) is 1. The molecule has 1 saturated heterocycles. The third-order valence-electron chi connectivity index (χ3n) is 4.15. The number of likely N-dealkylation sites (tertiary alicyclic amines) is 1. The highest BCUT2D eigenvalue weighted by Crippen LogP contribution is 2.27. The lowest BCUT2D eigenvalue weighted by molar-refractivity contribution is -0.143. The first kappa shape index (κ1) is 16.1. The van der Waals surface area contributed by atoms with Crippen molar-refractivity contribution in [2.24, 2.45) is 5.92 Å². The summed E-state index contributed by atoms with van der Waals surface area (Å²) in [6.07, 6.45) is 1.31. The van der Waals surface area contributed by atoms with Gasteiger partial charge in [-0.1, -0.05) is 30.3 Å². The largest absolute Gasteiger partial charge is 0.481 e. The van der Waals surface area contributed by atoms with Crippen LogP contribution in [-0.2, 0) is 4.79 Å². The number of carbonyl (C=O) groups excluding carboxylic acids is 1. The maximum Gasteiger partial charge on any atom is 0.308 e. The van der Waals surface area contributed by atoms with Gasteiger partial charge in [-0.2, -0.15) is 0 Å². The van der Waals surface area contributed by atoms with Crippen molar-refractivity contribution in [2.75, 3.05) is 13.1 Å². The van der Waals surface area contributed by atoms with Gasteiger partial charge in [-0.3, -0.25) is 9.59 Å². The predicted octanol–water partition coefficient (Wildman–Crippen LogP) is 3.42. The van der Waals surface area contributed by atoms with Crippen molar-refractivity contribution >= 4 is 11.9 Å². The number of carboxylic acids is 1. The number of piperidine rings is 1. The highest BCUT2D eigenvalue weighted by atomic mass is 16.5. The van der Waals surface area contributed by atoms with Crippen LogP contribution < -0.4 is 4.74 Å². The van der Waals surface area contributed by atoms with E-state index in [0.29, 0.717) is 36.4 Å². The minimum Gasteiger partial charge on any atom is -0.481 e. The molecule has 1 atom stereocenters. The Balaban J connectivity index is 1.81. The third-order valence-corrected chi connectivity index (χ3v) is 4.15. The van der Waals surface area contributed by atoms with Crippen LogP contribution in [0.4, 0.5) is 0 Å². The summed E-state index contributed by atoms with van der Waals surface area (Å²) in [4.78, 5) is 25.6. The zero-order valence-electron chi connectivity index (χ0n) is 13.2. The Labute approximate surface area is 140 Å². The second kappa shape index (κ2) is 7.17. The fourth-order valence-electron chi connectivity index (χ4n) is 2.88. The summed E-state index contributed by atoms with van der Waals surface area (Å²) in [6.45, 7) is 0.816. The standard InChI is InChI=1S/C19H19NO4/c21-18(20-12-6-7-14(13-20)19(22)23)16-10-4-5-11-17(16)24-15-8-2-1-3-9-15/h1-5,8-11,14H,6-7,12-13H2,(H,22,23)/t14-/m1/s1. The first-order valence-electron chi connectivity index (χ1n) is 7.99. The molecule has 0 radical (unpaired) electrons. The van der Waals surface area contributed by atoms with Gasteiger partial charge in [0.2, 0.25) is 0 Å². The Hall–Kier alpha value is -2.82. The number of para-hydroxylation sites is 2. The normalized spacial score (nSPS) is 17.3. The fraction of sp³-hybridized carbons (Fsp3) is 0.263. The van der Waals surface area contributed by atoms with E-state index >= 15 is 0 Å². The first-order chi connectivity index (χ1) is 11.6. The van der Waals surface area contributed by atoms with Gasteiger partial charge < -0.3 is 14.7 Å². The SMILES string of the molecule is O=C(O)[C@@H]1CCCN(C(=O)c2ccccc2Oc2ccccc2)C1. The van der Waals surface area contributed by atoms with Crippen LogP contribution in [0.1, 0.15) is 23.2 Å². The van der Waals surface area contributed by atoms with E-state index in [1.54, 1.807) is 23.1 Å². The minimum absolute atomic E-state index is 0.188. The number of rotatable bonds is 4. The molecular weight excluding hydrogens is 306 g/mol. The number of carbonyl (C=O) groups is 2. The Bertz CT molecular complexity index is 729. The van der Waals surface area contributed by atoms with E-state index in [1.165, 1.54) is 0 Å². The predicted molar refractivity (Wildman–Crippen MR) is 89.2 cm³/mol. The van der Waals surface area contributed by atoms with Crippen LogP contribution in [0, 0.1) is 5.92 Å². The molecule has 124 valence electrons. The van der Waals surface area contributed by atoms with Crippen LogP contribution >= 0.6 is 0 Å². The highest BCUT2D eigenvalue weighted by molar-refractivity contribution is 5.97. The van der Waals surface area contributed by atoms with Crippen molar-refractivity contribution in [3.63, 3.8) is 0 Å². The third kappa shape index (κ3) is 3.56. The molecule has 3 rings (SSSR count). The van der Waals surface area contributed by atoms with E-state index in [4.69, 9.17) is 4.74 Å². The molecular formula is C19H19NO4. The molecule has 5 nitrogen and oxygen atoms in total. The van der Waals surface area contributed by atoms with E-state index in [9.17, 15) is 14.7 Å². The zero-order chi connectivity index (χ0) is 16.9. The zero-order valence-corrected chi connectivity index (χ0v) is 13.2. The maximum atomic E-state index is 12.8. The summed E-state index contributed by atoms with van der Waals surface area (Å²) in [6, 6.07) is 16.3. The van der Waals surface area contributed by atoms with Crippen molar-refractivity contribution in [2.45, 2.75) is 12.8 Å². The molecule has 1 heterocycles. The molecule has 1 amide bonds. The number of benzene rings is 2. The molecule has 2 aromatic carbocycles. The summed E-state index contributed by atoms with van der Waals surface area (Å²) in [5.74, 6) is -0.398. The Morgan fingerprint density at radius 2 is 1.75 bits per heavy atom. The van der Waals surface area contributed by atoms with Gasteiger partial charge >= 0.3 is 5.97 Å². The molecule has 0 bridgehead atoms. The van der Waals surface area contributed by atoms with Crippen LogP contribution in [0.15, 0.2) is 54.6 Å². The average Bonchev–Trinajstić information content (AvgIpc) is 2.62. The highest BCUT2D eigenvalue weighted by Gasteiger charge is 2.29. The van der Waals surface area contributed by atoms with Crippen LogP contribution in [-0.4, -0.2) is 35.0 Å². The minimum atomic E-state index is -0.846. The molecule has 0 unspecified atom stereocenters. The average molecular weight is 325 g/mol. The summed E-state index contributed by atoms with van der Waals surface area (Å²) >= 11 is 0. The smallest absolute Gasteiger partial charge is 0.308 e. The number of nitrogens with zero attached hydrogens (tertiary/aromatic N) is 1. The molecule has 1 aliphatic heterocycles. The van der Waals surface area contributed by atoms with E-state index in [-0.39, 0.29) is 12.5 Å². The summed E-state index contributed by atoms with van der Waals surface area (Å²) < 4.78 is 5.83. The van der Waals surface area contributed by atoms with Crippen molar-refractivity contribution in [1.82, 2.24) is 4.90 Å². The van der Waals surface area contributed by atoms with Gasteiger partial charge in [0, 0.05) is 13.1 Å². The van der Waals surface area contributed by atoms with Crippen molar-refractivity contribution < 1.29 is 19.4 Å². The lowest BCUT2D eigenvalue weighted by Gasteiger charge is -2.31. The van der Waals surface area contributed by atoms with E-state index in [0.717, 1.165) is 0 Å². The summed E-state index contributed by atoms with van der Waals surface area (Å²) in [7, 11) is 0. The van der Waals surface area contributed by atoms with Gasteiger partial charge in [0.05, 0.1) is 11.5 Å². The molecule has 5 heteroatoms. The monoisotopic (exact) mass is 325 g/mol. The van der Waals surface area contributed by atoms with E-state index in [2.05, 4.69) is 0 Å².